The molecule has 0 atom stereocenters. The normalized spacial score (nSPS) is 19.5. The van der Waals surface area contributed by atoms with Crippen molar-refractivity contribution in [1.82, 2.24) is 4.90 Å². The number of nitrogens with zero attached hydrogens (tertiary/aromatic N) is 1. The molecule has 1 aromatic rings. The molecular formula is C18H26N2O2. The lowest BCUT2D eigenvalue weighted by molar-refractivity contribution is 0.109. The second-order valence-corrected chi connectivity index (χ2v) is 6.97. The number of aryl methyl sites for hydroxylation is 1. The molecule has 0 aromatic heterocycles. The van der Waals surface area contributed by atoms with Gasteiger partial charge in [0, 0.05) is 24.3 Å². The molecule has 1 aromatic carbocycles. The fraction of sp³-hybridized carbons (Fsp3) is 0.611. The quantitative estimate of drug-likeness (QED) is 0.864. The number of nitrogens with one attached hydrogen (secondary N) is 1. The highest BCUT2D eigenvalue weighted by atomic mass is 16.6. The summed E-state index contributed by atoms with van der Waals surface area (Å²) in [6.07, 6.45) is 3.94. The first-order valence-corrected chi connectivity index (χ1v) is 8.33. The first-order chi connectivity index (χ1) is 10.5. The molecule has 2 heterocycles. The van der Waals surface area contributed by atoms with E-state index < -0.39 is 0 Å². The Morgan fingerprint density at radius 3 is 2.55 bits per heavy atom. The minimum Gasteiger partial charge on any atom is -0.450 e. The van der Waals surface area contributed by atoms with Gasteiger partial charge in [-0.1, -0.05) is 6.07 Å². The Hall–Kier alpha value is -1.71. The number of rotatable bonds is 1. The van der Waals surface area contributed by atoms with Crippen molar-refractivity contribution in [1.29, 1.82) is 0 Å². The summed E-state index contributed by atoms with van der Waals surface area (Å²) in [5, 5.41) is 3.66. The summed E-state index contributed by atoms with van der Waals surface area (Å²) < 4.78 is 5.14. The van der Waals surface area contributed by atoms with E-state index in [1.54, 1.807) is 0 Å². The first kappa shape index (κ1) is 15.2. The van der Waals surface area contributed by atoms with Crippen LogP contribution in [-0.4, -0.2) is 36.2 Å². The number of anilines is 1. The third-order valence-corrected chi connectivity index (χ3v) is 4.75. The van der Waals surface area contributed by atoms with Crippen LogP contribution in [0.25, 0.3) is 0 Å². The van der Waals surface area contributed by atoms with Crippen LogP contribution in [0.5, 0.6) is 0 Å². The second-order valence-electron chi connectivity index (χ2n) is 6.97. The van der Waals surface area contributed by atoms with Gasteiger partial charge in [-0.2, -0.15) is 0 Å². The van der Waals surface area contributed by atoms with E-state index in [1.165, 1.54) is 22.4 Å². The van der Waals surface area contributed by atoms with Crippen LogP contribution in [0.3, 0.4) is 0 Å². The Morgan fingerprint density at radius 1 is 1.18 bits per heavy atom. The number of benzene rings is 1. The minimum atomic E-state index is -0.181. The lowest BCUT2D eigenvalue weighted by Gasteiger charge is -2.34. The number of hydrogen-bond donors (Lipinski definition) is 1. The van der Waals surface area contributed by atoms with E-state index in [0.29, 0.717) is 6.61 Å². The van der Waals surface area contributed by atoms with E-state index in [0.717, 1.165) is 38.8 Å². The number of fused-ring (bicyclic) bond motifs is 2. The van der Waals surface area contributed by atoms with Gasteiger partial charge in [0.1, 0.15) is 0 Å². The maximum atomic E-state index is 11.9. The van der Waals surface area contributed by atoms with Gasteiger partial charge in [-0.15, -0.1) is 0 Å². The molecule has 120 valence electrons. The van der Waals surface area contributed by atoms with E-state index in [-0.39, 0.29) is 11.6 Å². The summed E-state index contributed by atoms with van der Waals surface area (Å²) >= 11 is 0. The summed E-state index contributed by atoms with van der Waals surface area (Å²) in [5.74, 6) is 0. The van der Waals surface area contributed by atoms with Crippen LogP contribution in [-0.2, 0) is 24.0 Å². The van der Waals surface area contributed by atoms with Crippen LogP contribution in [0.4, 0.5) is 10.5 Å². The van der Waals surface area contributed by atoms with Crippen LogP contribution in [0.2, 0.25) is 0 Å². The van der Waals surface area contributed by atoms with Crippen LogP contribution in [0, 0.1) is 0 Å². The van der Waals surface area contributed by atoms with Gasteiger partial charge in [-0.05, 0) is 69.2 Å². The monoisotopic (exact) mass is 302 g/mol. The summed E-state index contributed by atoms with van der Waals surface area (Å²) in [6, 6.07) is 4.65. The summed E-state index contributed by atoms with van der Waals surface area (Å²) in [7, 11) is 0. The highest BCUT2D eigenvalue weighted by molar-refractivity contribution is 5.68. The predicted octanol–water partition coefficient (Wildman–Crippen LogP) is 3.38. The molecule has 0 spiro atoms. The Labute approximate surface area is 132 Å². The summed E-state index contributed by atoms with van der Waals surface area (Å²) in [4.78, 5) is 13.8. The second kappa shape index (κ2) is 5.82. The molecule has 1 amide bonds. The van der Waals surface area contributed by atoms with E-state index >= 15 is 0 Å². The van der Waals surface area contributed by atoms with Crippen molar-refractivity contribution in [2.75, 3.05) is 25.0 Å². The molecule has 1 N–H and O–H groups in total. The topological polar surface area (TPSA) is 41.6 Å². The van der Waals surface area contributed by atoms with Gasteiger partial charge in [0.25, 0.3) is 0 Å². The zero-order chi connectivity index (χ0) is 15.7. The van der Waals surface area contributed by atoms with Crippen LogP contribution in [0.1, 0.15) is 43.9 Å². The lowest BCUT2D eigenvalue weighted by atomic mass is 9.87. The van der Waals surface area contributed by atoms with Gasteiger partial charge in [-0.3, -0.25) is 0 Å². The summed E-state index contributed by atoms with van der Waals surface area (Å²) in [5.41, 5.74) is 5.63. The molecule has 0 saturated carbocycles. The van der Waals surface area contributed by atoms with Gasteiger partial charge in [-0.25, -0.2) is 4.79 Å². The summed E-state index contributed by atoms with van der Waals surface area (Å²) in [6.45, 7) is 8.30. The molecule has 0 saturated heterocycles. The van der Waals surface area contributed by atoms with Gasteiger partial charge < -0.3 is 15.0 Å². The number of ether oxygens (including phenoxy) is 1. The largest absolute Gasteiger partial charge is 0.450 e. The van der Waals surface area contributed by atoms with Crippen molar-refractivity contribution in [2.24, 2.45) is 0 Å². The zero-order valence-electron chi connectivity index (χ0n) is 13.9. The van der Waals surface area contributed by atoms with Crippen molar-refractivity contribution in [2.45, 2.75) is 52.0 Å². The molecule has 2 aliphatic rings. The van der Waals surface area contributed by atoms with Gasteiger partial charge >= 0.3 is 6.09 Å². The predicted molar refractivity (Wildman–Crippen MR) is 88.5 cm³/mol. The average molecular weight is 302 g/mol. The Balaban J connectivity index is 1.80. The molecule has 3 rings (SSSR count). The number of carbonyl (C=O) groups is 1. The highest BCUT2D eigenvalue weighted by Crippen LogP contribution is 2.33. The van der Waals surface area contributed by atoms with Gasteiger partial charge in [0.2, 0.25) is 0 Å². The van der Waals surface area contributed by atoms with Crippen molar-refractivity contribution in [3.05, 3.63) is 28.8 Å². The van der Waals surface area contributed by atoms with E-state index in [1.807, 2.05) is 11.8 Å². The minimum absolute atomic E-state index is 0.170. The lowest BCUT2D eigenvalue weighted by Crippen LogP contribution is -2.35. The first-order valence-electron chi connectivity index (χ1n) is 8.33. The van der Waals surface area contributed by atoms with E-state index in [9.17, 15) is 4.79 Å². The molecule has 0 aliphatic carbocycles. The number of hydrogen-bond acceptors (Lipinski definition) is 3. The maximum absolute atomic E-state index is 11.9. The fourth-order valence-electron chi connectivity index (χ4n) is 3.42. The van der Waals surface area contributed by atoms with Gasteiger partial charge in [0.15, 0.2) is 0 Å². The van der Waals surface area contributed by atoms with E-state index in [4.69, 9.17) is 4.74 Å². The standard InChI is InChI=1S/C18H26N2O2/c1-4-22-17(21)20-9-6-13-11-15-5-8-18(2,3)19-16(15)12-14(13)7-10-20/h11-12,19H,4-10H2,1-3H3. The van der Waals surface area contributed by atoms with Crippen LogP contribution in [0.15, 0.2) is 12.1 Å². The highest BCUT2D eigenvalue weighted by Gasteiger charge is 2.26. The maximum Gasteiger partial charge on any atom is 0.409 e. The SMILES string of the molecule is CCOC(=O)N1CCc2cc3c(cc2CC1)NC(C)(C)CC3. The number of carbonyl (C=O) groups excluding carboxylic acids is 1. The third kappa shape index (κ3) is 3.06. The molecule has 0 unspecified atom stereocenters. The van der Waals surface area contributed by atoms with Crippen molar-refractivity contribution in [3.8, 4) is 0 Å². The Kier molecular flexibility index (Phi) is 4.02. The fourth-order valence-corrected chi connectivity index (χ4v) is 3.42. The van der Waals surface area contributed by atoms with E-state index in [2.05, 4.69) is 31.3 Å². The van der Waals surface area contributed by atoms with Crippen molar-refractivity contribution < 1.29 is 9.53 Å². The molecular weight excluding hydrogens is 276 g/mol. The van der Waals surface area contributed by atoms with Crippen LogP contribution >= 0.6 is 0 Å². The van der Waals surface area contributed by atoms with Crippen molar-refractivity contribution in [3.63, 3.8) is 0 Å². The molecule has 0 fully saturated rings. The van der Waals surface area contributed by atoms with Crippen molar-refractivity contribution >= 4 is 11.8 Å². The molecule has 4 heteroatoms. The molecule has 2 aliphatic heterocycles. The van der Waals surface area contributed by atoms with Gasteiger partial charge in [0.05, 0.1) is 6.61 Å². The number of amides is 1. The molecule has 4 nitrogen and oxygen atoms in total. The average Bonchev–Trinajstić information content (AvgIpc) is 2.66. The van der Waals surface area contributed by atoms with Crippen LogP contribution < -0.4 is 5.32 Å². The smallest absolute Gasteiger partial charge is 0.409 e. The Bertz CT molecular complexity index is 581. The Morgan fingerprint density at radius 2 is 1.86 bits per heavy atom. The molecule has 22 heavy (non-hydrogen) atoms. The third-order valence-electron chi connectivity index (χ3n) is 4.75. The molecule has 0 radical (unpaired) electrons. The molecule has 0 bridgehead atoms. The zero-order valence-corrected chi connectivity index (χ0v) is 13.9.